The van der Waals surface area contributed by atoms with Crippen molar-refractivity contribution in [2.45, 2.75) is 31.2 Å². The van der Waals surface area contributed by atoms with Crippen LogP contribution >= 0.6 is 11.6 Å². The summed E-state index contributed by atoms with van der Waals surface area (Å²) in [4.78, 5) is 10.6. The minimum absolute atomic E-state index is 0.0284. The molecule has 114 valence electrons. The lowest BCUT2D eigenvalue weighted by atomic mass is 10.0. The summed E-state index contributed by atoms with van der Waals surface area (Å²) in [5.41, 5.74) is 0.152. The number of nitrogens with one attached hydrogen (secondary N) is 1. The molecule has 0 fully saturated rings. The largest absolute Gasteiger partial charge is 0.481 e. The quantitative estimate of drug-likeness (QED) is 0.829. The smallest absolute Gasteiger partial charge is 0.304 e. The highest BCUT2D eigenvalue weighted by atomic mass is 35.5. The summed E-state index contributed by atoms with van der Waals surface area (Å²) in [5.74, 6) is -1.32. The van der Waals surface area contributed by atoms with Gasteiger partial charge in [0.1, 0.15) is 4.90 Å². The van der Waals surface area contributed by atoms with Crippen LogP contribution in [-0.2, 0) is 14.8 Å². The van der Waals surface area contributed by atoms with Gasteiger partial charge < -0.3 is 5.11 Å². The molecule has 1 atom stereocenters. The molecule has 1 aromatic rings. The van der Waals surface area contributed by atoms with Gasteiger partial charge >= 0.3 is 5.97 Å². The fourth-order valence-electron chi connectivity index (χ4n) is 1.64. The minimum Gasteiger partial charge on any atom is -0.481 e. The highest BCUT2D eigenvalue weighted by Crippen LogP contribution is 2.23. The Kier molecular flexibility index (Phi) is 5.72. The molecule has 0 spiro atoms. The van der Waals surface area contributed by atoms with E-state index in [2.05, 4.69) is 4.72 Å². The van der Waals surface area contributed by atoms with Gasteiger partial charge in [-0.25, -0.2) is 13.1 Å². The molecule has 0 bridgehead atoms. The summed E-state index contributed by atoms with van der Waals surface area (Å²) >= 11 is 5.86. The molecule has 1 unspecified atom stereocenters. The summed E-state index contributed by atoms with van der Waals surface area (Å²) < 4.78 is 27.0. The molecule has 1 rings (SSSR count). The number of aliphatic carboxylic acids is 1. The van der Waals surface area contributed by atoms with Crippen LogP contribution in [0.4, 0.5) is 0 Å². The zero-order chi connectivity index (χ0) is 16.2. The first kappa shape index (κ1) is 17.4. The molecule has 0 aliphatic carbocycles. The number of rotatable bonds is 6. The molecule has 0 saturated heterocycles. The second-order valence-electron chi connectivity index (χ2n) is 4.83. The maximum atomic E-state index is 12.3. The van der Waals surface area contributed by atoms with E-state index in [1.807, 2.05) is 6.07 Å². The van der Waals surface area contributed by atoms with Crippen LogP contribution in [0.25, 0.3) is 0 Å². The summed E-state index contributed by atoms with van der Waals surface area (Å²) in [7, 11) is -4.01. The van der Waals surface area contributed by atoms with Crippen molar-refractivity contribution in [3.8, 4) is 6.07 Å². The Morgan fingerprint density at radius 1 is 1.48 bits per heavy atom. The van der Waals surface area contributed by atoms with Crippen LogP contribution in [0.3, 0.4) is 0 Å². The molecule has 21 heavy (non-hydrogen) atoms. The highest BCUT2D eigenvalue weighted by molar-refractivity contribution is 7.89. The van der Waals surface area contributed by atoms with Gasteiger partial charge in [0, 0.05) is 6.04 Å². The molecule has 6 nitrogen and oxygen atoms in total. The third-order valence-electron chi connectivity index (χ3n) is 2.86. The Morgan fingerprint density at radius 3 is 2.57 bits per heavy atom. The van der Waals surface area contributed by atoms with Crippen molar-refractivity contribution in [1.82, 2.24) is 4.72 Å². The first-order chi connectivity index (χ1) is 9.67. The Labute approximate surface area is 128 Å². The predicted octanol–water partition coefficient (Wildman–Crippen LogP) is 1.99. The number of carbonyl (C=O) groups is 1. The Morgan fingerprint density at radius 2 is 2.10 bits per heavy atom. The van der Waals surface area contributed by atoms with E-state index in [1.54, 1.807) is 13.8 Å². The average Bonchev–Trinajstić information content (AvgIpc) is 2.37. The van der Waals surface area contributed by atoms with Gasteiger partial charge in [-0.2, -0.15) is 5.26 Å². The highest BCUT2D eigenvalue weighted by Gasteiger charge is 2.26. The van der Waals surface area contributed by atoms with Gasteiger partial charge in [-0.1, -0.05) is 25.4 Å². The Balaban J connectivity index is 3.16. The van der Waals surface area contributed by atoms with Crippen LogP contribution < -0.4 is 4.72 Å². The third-order valence-corrected chi connectivity index (χ3v) is 4.83. The van der Waals surface area contributed by atoms with Crippen LogP contribution in [0.15, 0.2) is 23.1 Å². The van der Waals surface area contributed by atoms with Gasteiger partial charge in [0.05, 0.1) is 23.1 Å². The van der Waals surface area contributed by atoms with Gasteiger partial charge in [-0.3, -0.25) is 4.79 Å². The molecule has 0 aliphatic heterocycles. The molecule has 2 N–H and O–H groups in total. The SMILES string of the molecule is CC(C)C(CC(=O)O)NS(=O)(=O)c1cc(C#N)ccc1Cl. The fraction of sp³-hybridized carbons (Fsp3) is 0.385. The summed E-state index contributed by atoms with van der Waals surface area (Å²) in [5, 5.41) is 17.6. The summed E-state index contributed by atoms with van der Waals surface area (Å²) in [6, 6.07) is 4.93. The van der Waals surface area contributed by atoms with Crippen molar-refractivity contribution < 1.29 is 18.3 Å². The van der Waals surface area contributed by atoms with E-state index in [9.17, 15) is 13.2 Å². The van der Waals surface area contributed by atoms with Crippen LogP contribution in [-0.4, -0.2) is 25.5 Å². The number of carboxylic acids is 1. The lowest BCUT2D eigenvalue weighted by Gasteiger charge is -2.21. The van der Waals surface area contributed by atoms with Crippen molar-refractivity contribution in [3.05, 3.63) is 28.8 Å². The topological polar surface area (TPSA) is 107 Å². The molecule has 0 saturated carbocycles. The first-order valence-electron chi connectivity index (χ1n) is 6.11. The summed E-state index contributed by atoms with van der Waals surface area (Å²) in [6.07, 6.45) is -0.341. The van der Waals surface area contributed by atoms with Gasteiger partial charge in [0.2, 0.25) is 10.0 Å². The van der Waals surface area contributed by atoms with Crippen molar-refractivity contribution >= 4 is 27.6 Å². The number of benzene rings is 1. The molecule has 8 heteroatoms. The van der Waals surface area contributed by atoms with E-state index in [0.29, 0.717) is 0 Å². The maximum absolute atomic E-state index is 12.3. The molecule has 0 radical (unpaired) electrons. The van der Waals surface area contributed by atoms with Crippen LogP contribution in [0.1, 0.15) is 25.8 Å². The number of halogens is 1. The zero-order valence-corrected chi connectivity index (χ0v) is 13.1. The molecule has 0 aromatic heterocycles. The number of hydrogen-bond donors (Lipinski definition) is 2. The second kappa shape index (κ2) is 6.89. The van der Waals surface area contributed by atoms with Gasteiger partial charge in [0.15, 0.2) is 0 Å². The number of sulfonamides is 1. The number of nitrogens with zero attached hydrogens (tertiary/aromatic N) is 1. The van der Waals surface area contributed by atoms with E-state index >= 15 is 0 Å². The van der Waals surface area contributed by atoms with Crippen molar-refractivity contribution in [3.63, 3.8) is 0 Å². The normalized spacial score (nSPS) is 12.9. The van der Waals surface area contributed by atoms with Crippen LogP contribution in [0, 0.1) is 17.2 Å². The molecule has 0 heterocycles. The van der Waals surface area contributed by atoms with E-state index < -0.39 is 22.0 Å². The molecular formula is C13H15ClN2O4S. The molecule has 0 amide bonds. The summed E-state index contributed by atoms with van der Waals surface area (Å²) in [6.45, 7) is 3.42. The molecular weight excluding hydrogens is 316 g/mol. The lowest BCUT2D eigenvalue weighted by Crippen LogP contribution is -2.40. The van der Waals surface area contributed by atoms with E-state index in [0.717, 1.165) is 6.07 Å². The fourth-order valence-corrected chi connectivity index (χ4v) is 3.55. The third kappa shape index (κ3) is 4.70. The average molecular weight is 331 g/mol. The Hall–Kier alpha value is -1.62. The van der Waals surface area contributed by atoms with Gasteiger partial charge in [-0.15, -0.1) is 0 Å². The van der Waals surface area contributed by atoms with Gasteiger partial charge in [0.25, 0.3) is 0 Å². The van der Waals surface area contributed by atoms with Crippen molar-refractivity contribution in [1.29, 1.82) is 5.26 Å². The Bertz CT molecular complexity index is 680. The zero-order valence-electron chi connectivity index (χ0n) is 11.5. The van der Waals surface area contributed by atoms with Gasteiger partial charge in [-0.05, 0) is 24.1 Å². The van der Waals surface area contributed by atoms with E-state index in [4.69, 9.17) is 22.0 Å². The lowest BCUT2D eigenvalue weighted by molar-refractivity contribution is -0.137. The minimum atomic E-state index is -4.01. The maximum Gasteiger partial charge on any atom is 0.304 e. The number of nitriles is 1. The molecule has 1 aromatic carbocycles. The van der Waals surface area contributed by atoms with Crippen molar-refractivity contribution in [2.24, 2.45) is 5.92 Å². The monoisotopic (exact) mass is 330 g/mol. The number of carboxylic acid groups (broad SMARTS) is 1. The predicted molar refractivity (Wildman–Crippen MR) is 77.4 cm³/mol. The van der Waals surface area contributed by atoms with Crippen LogP contribution in [0.2, 0.25) is 5.02 Å². The van der Waals surface area contributed by atoms with Crippen molar-refractivity contribution in [2.75, 3.05) is 0 Å². The van der Waals surface area contributed by atoms with E-state index in [1.165, 1.54) is 12.1 Å². The van der Waals surface area contributed by atoms with E-state index in [-0.39, 0.29) is 27.8 Å². The molecule has 0 aliphatic rings. The van der Waals surface area contributed by atoms with Crippen LogP contribution in [0.5, 0.6) is 0 Å². The first-order valence-corrected chi connectivity index (χ1v) is 7.97. The standard InChI is InChI=1S/C13H15ClN2O4S/c1-8(2)11(6-13(17)18)16-21(19,20)12-5-9(7-15)3-4-10(12)14/h3-5,8,11,16H,6H2,1-2H3,(H,17,18). The number of hydrogen-bond acceptors (Lipinski definition) is 4. The second-order valence-corrected chi connectivity index (χ2v) is 6.92.